The standard InChI is InChI=1S/C23H26N6O2/c1-22(4-5-22)31-15-2-3-17-16(12-15)20(28-27-17)18-13-19(26-14-25-18)29-10-7-23(8-11-29)6-9-24-21(23)30/h2-3,12-14H,4-11H2,1H3,(H,24,30)(H,27,28). The van der Waals surface area contributed by atoms with Gasteiger partial charge in [-0.15, -0.1) is 0 Å². The van der Waals surface area contributed by atoms with Gasteiger partial charge in [0.1, 0.15) is 29.2 Å². The molecule has 3 aromatic rings. The second-order valence-electron chi connectivity index (χ2n) is 9.37. The van der Waals surface area contributed by atoms with Gasteiger partial charge in [0, 0.05) is 31.1 Å². The van der Waals surface area contributed by atoms with Crippen LogP contribution in [0.15, 0.2) is 30.6 Å². The zero-order valence-electron chi connectivity index (χ0n) is 17.6. The molecule has 6 rings (SSSR count). The molecule has 1 aromatic carbocycles. The van der Waals surface area contributed by atoms with Gasteiger partial charge >= 0.3 is 0 Å². The van der Waals surface area contributed by atoms with Crippen molar-refractivity contribution in [1.82, 2.24) is 25.5 Å². The Morgan fingerprint density at radius 2 is 1.90 bits per heavy atom. The van der Waals surface area contributed by atoms with Crippen molar-refractivity contribution in [3.05, 3.63) is 30.6 Å². The zero-order chi connectivity index (χ0) is 21.1. The van der Waals surface area contributed by atoms with Gasteiger partial charge in [-0.05, 0) is 57.2 Å². The van der Waals surface area contributed by atoms with E-state index in [1.54, 1.807) is 6.33 Å². The topological polar surface area (TPSA) is 96.0 Å². The Bertz CT molecular complexity index is 1160. The van der Waals surface area contributed by atoms with Gasteiger partial charge in [0.05, 0.1) is 16.6 Å². The lowest BCUT2D eigenvalue weighted by atomic mass is 9.77. The Hall–Kier alpha value is -3.16. The summed E-state index contributed by atoms with van der Waals surface area (Å²) in [6.07, 6.45) is 6.46. The zero-order valence-corrected chi connectivity index (χ0v) is 17.6. The highest BCUT2D eigenvalue weighted by atomic mass is 16.5. The molecule has 1 saturated carbocycles. The highest BCUT2D eigenvalue weighted by Gasteiger charge is 2.44. The number of aromatic nitrogens is 4. The summed E-state index contributed by atoms with van der Waals surface area (Å²) in [7, 11) is 0. The van der Waals surface area contributed by atoms with Crippen LogP contribution < -0.4 is 15.0 Å². The first-order chi connectivity index (χ1) is 15.0. The fraction of sp³-hybridized carbons (Fsp3) is 0.478. The number of aromatic amines is 1. The molecule has 2 saturated heterocycles. The van der Waals surface area contributed by atoms with Gasteiger partial charge in [-0.1, -0.05) is 0 Å². The Morgan fingerprint density at radius 1 is 1.06 bits per heavy atom. The average Bonchev–Trinajstić information content (AvgIpc) is 3.20. The number of amides is 1. The van der Waals surface area contributed by atoms with E-state index in [1.165, 1.54) is 0 Å². The number of hydrogen-bond donors (Lipinski definition) is 2. The Balaban J connectivity index is 1.27. The molecule has 31 heavy (non-hydrogen) atoms. The second-order valence-corrected chi connectivity index (χ2v) is 9.37. The number of anilines is 1. The largest absolute Gasteiger partial charge is 0.488 e. The maximum atomic E-state index is 12.3. The highest BCUT2D eigenvalue weighted by molar-refractivity contribution is 5.93. The van der Waals surface area contributed by atoms with Crippen molar-refractivity contribution in [1.29, 1.82) is 0 Å². The lowest BCUT2D eigenvalue weighted by Gasteiger charge is -2.37. The molecule has 0 bridgehead atoms. The molecule has 3 aliphatic rings. The van der Waals surface area contributed by atoms with Crippen molar-refractivity contribution in [2.45, 2.75) is 44.6 Å². The predicted molar refractivity (Wildman–Crippen MR) is 117 cm³/mol. The van der Waals surface area contributed by atoms with Crippen molar-refractivity contribution >= 4 is 22.6 Å². The average molecular weight is 419 g/mol. The third-order valence-corrected chi connectivity index (χ3v) is 7.16. The third kappa shape index (κ3) is 3.21. The number of ether oxygens (including phenoxy) is 1. The Kier molecular flexibility index (Phi) is 4.00. The minimum atomic E-state index is -0.181. The molecular weight excluding hydrogens is 392 g/mol. The van der Waals surface area contributed by atoms with Crippen LogP contribution in [-0.2, 0) is 4.79 Å². The van der Waals surface area contributed by atoms with Gasteiger partial charge in [0.15, 0.2) is 0 Å². The lowest BCUT2D eigenvalue weighted by molar-refractivity contribution is -0.128. The van der Waals surface area contributed by atoms with Crippen LogP contribution in [0.4, 0.5) is 5.82 Å². The SMILES string of the molecule is CC1(Oc2ccc3[nH]nc(-c4cc(N5CCC6(CCNC6=O)CC5)ncn4)c3c2)CC1. The summed E-state index contributed by atoms with van der Waals surface area (Å²) in [4.78, 5) is 23.5. The summed E-state index contributed by atoms with van der Waals surface area (Å²) in [5.74, 6) is 1.96. The third-order valence-electron chi connectivity index (χ3n) is 7.16. The molecule has 1 spiro atoms. The van der Waals surface area contributed by atoms with Crippen molar-refractivity contribution in [2.24, 2.45) is 5.41 Å². The minimum Gasteiger partial charge on any atom is -0.488 e. The number of hydrogen-bond acceptors (Lipinski definition) is 6. The van der Waals surface area contributed by atoms with Crippen molar-refractivity contribution < 1.29 is 9.53 Å². The number of fused-ring (bicyclic) bond motifs is 1. The molecule has 2 aromatic heterocycles. The number of H-pyrrole nitrogens is 1. The first-order valence-electron chi connectivity index (χ1n) is 11.1. The molecular formula is C23H26N6O2. The van der Waals surface area contributed by atoms with Crippen LogP contribution in [0.1, 0.15) is 39.0 Å². The van der Waals surface area contributed by atoms with E-state index in [2.05, 4.69) is 37.3 Å². The van der Waals surface area contributed by atoms with Crippen molar-refractivity contribution in [3.8, 4) is 17.1 Å². The molecule has 8 heteroatoms. The summed E-state index contributed by atoms with van der Waals surface area (Å²) >= 11 is 0. The van der Waals surface area contributed by atoms with Gasteiger partial charge in [0.2, 0.25) is 5.91 Å². The summed E-state index contributed by atoms with van der Waals surface area (Å²) in [5.41, 5.74) is 2.33. The van der Waals surface area contributed by atoms with E-state index in [0.29, 0.717) is 0 Å². The molecule has 1 aliphatic carbocycles. The molecule has 0 atom stereocenters. The van der Waals surface area contributed by atoms with E-state index in [1.807, 2.05) is 24.3 Å². The minimum absolute atomic E-state index is 0.0263. The number of piperidine rings is 1. The fourth-order valence-electron chi connectivity index (χ4n) is 4.82. The number of nitrogens with zero attached hydrogens (tertiary/aromatic N) is 4. The number of rotatable bonds is 4. The summed E-state index contributed by atoms with van der Waals surface area (Å²) in [6, 6.07) is 8.04. The molecule has 160 valence electrons. The maximum Gasteiger partial charge on any atom is 0.226 e. The lowest BCUT2D eigenvalue weighted by Crippen LogP contribution is -2.44. The molecule has 8 nitrogen and oxygen atoms in total. The number of nitrogens with one attached hydrogen (secondary N) is 2. The molecule has 2 aliphatic heterocycles. The van der Waals surface area contributed by atoms with E-state index in [9.17, 15) is 4.79 Å². The number of carbonyl (C=O) groups excluding carboxylic acids is 1. The van der Waals surface area contributed by atoms with Crippen LogP contribution in [0.5, 0.6) is 5.75 Å². The fourth-order valence-corrected chi connectivity index (χ4v) is 4.82. The normalized spacial score (nSPS) is 21.5. The Labute approximate surface area is 180 Å². The highest BCUT2D eigenvalue weighted by Crippen LogP contribution is 2.41. The second kappa shape index (κ2) is 6.67. The summed E-state index contributed by atoms with van der Waals surface area (Å²) < 4.78 is 6.14. The smallest absolute Gasteiger partial charge is 0.226 e. The summed E-state index contributed by atoms with van der Waals surface area (Å²) in [6.45, 7) is 4.58. The monoisotopic (exact) mass is 418 g/mol. The molecule has 1 amide bonds. The van der Waals surface area contributed by atoms with Crippen LogP contribution >= 0.6 is 0 Å². The Morgan fingerprint density at radius 3 is 2.65 bits per heavy atom. The van der Waals surface area contributed by atoms with Crippen molar-refractivity contribution in [2.75, 3.05) is 24.5 Å². The van der Waals surface area contributed by atoms with E-state index in [0.717, 1.165) is 85.6 Å². The van der Waals surface area contributed by atoms with Crippen LogP contribution in [-0.4, -0.2) is 51.3 Å². The first kappa shape index (κ1) is 18.6. The molecule has 0 radical (unpaired) electrons. The van der Waals surface area contributed by atoms with Crippen LogP contribution in [0.3, 0.4) is 0 Å². The van der Waals surface area contributed by atoms with Gasteiger partial charge in [-0.3, -0.25) is 9.89 Å². The number of carbonyl (C=O) groups is 1. The predicted octanol–water partition coefficient (Wildman–Crippen LogP) is 3.06. The first-order valence-corrected chi connectivity index (χ1v) is 11.1. The van der Waals surface area contributed by atoms with E-state index >= 15 is 0 Å². The van der Waals surface area contributed by atoms with Gasteiger partial charge < -0.3 is 15.0 Å². The molecule has 3 fully saturated rings. The molecule has 0 unspecified atom stereocenters. The summed E-state index contributed by atoms with van der Waals surface area (Å²) in [5, 5.41) is 11.6. The van der Waals surface area contributed by atoms with Crippen molar-refractivity contribution in [3.63, 3.8) is 0 Å². The van der Waals surface area contributed by atoms with Crippen LogP contribution in [0, 0.1) is 5.41 Å². The van der Waals surface area contributed by atoms with E-state index in [4.69, 9.17) is 4.74 Å². The van der Waals surface area contributed by atoms with Crippen LogP contribution in [0.2, 0.25) is 0 Å². The number of benzene rings is 1. The quantitative estimate of drug-likeness (QED) is 0.676. The molecule has 4 heterocycles. The maximum absolute atomic E-state index is 12.3. The van der Waals surface area contributed by atoms with Gasteiger partial charge in [-0.25, -0.2) is 9.97 Å². The molecule has 2 N–H and O–H groups in total. The van der Waals surface area contributed by atoms with E-state index in [-0.39, 0.29) is 16.9 Å². The van der Waals surface area contributed by atoms with Crippen LogP contribution in [0.25, 0.3) is 22.3 Å². The van der Waals surface area contributed by atoms with Gasteiger partial charge in [0.25, 0.3) is 0 Å². The van der Waals surface area contributed by atoms with Gasteiger partial charge in [-0.2, -0.15) is 5.10 Å². The van der Waals surface area contributed by atoms with E-state index < -0.39 is 0 Å².